The quantitative estimate of drug-likeness (QED) is 0.433. The van der Waals surface area contributed by atoms with Crippen LogP contribution in [0.5, 0.6) is 0 Å². The van der Waals surface area contributed by atoms with Crippen molar-refractivity contribution in [2.75, 3.05) is 6.61 Å². The molecule has 4 heteroatoms. The highest BCUT2D eigenvalue weighted by Gasteiger charge is 2.18. The Labute approximate surface area is 104 Å². The Morgan fingerprint density at radius 1 is 1.12 bits per heavy atom. The Hall–Kier alpha value is -0.610. The molecule has 4 nitrogen and oxygen atoms in total. The minimum Gasteiger partial charge on any atom is -0.396 e. The molecule has 0 aromatic carbocycles. The van der Waals surface area contributed by atoms with Gasteiger partial charge in [-0.25, -0.2) is 0 Å². The second kappa shape index (κ2) is 11.9. The van der Waals surface area contributed by atoms with Crippen LogP contribution in [-0.4, -0.2) is 17.7 Å². The summed E-state index contributed by atoms with van der Waals surface area (Å²) in [7, 11) is 0. The highest BCUT2D eigenvalue weighted by atomic mass is 16.7. The van der Waals surface area contributed by atoms with E-state index < -0.39 is 0 Å². The number of hydrogen-bond donors (Lipinski definition) is 2. The van der Waals surface area contributed by atoms with E-state index >= 15 is 0 Å². The van der Waals surface area contributed by atoms with Crippen LogP contribution in [0.1, 0.15) is 64.7 Å². The largest absolute Gasteiger partial charge is 0.396 e. The normalized spacial score (nSPS) is 12.4. The standard InChI is InChI=1S/C13H27NO3/c1-2-3-4-5-6-7-9-12(10-8-11-15)13(16)17-14/h12,15H,2-11,14H2,1H3. The minimum atomic E-state index is -0.341. The van der Waals surface area contributed by atoms with Gasteiger partial charge in [-0.15, -0.1) is 0 Å². The molecule has 0 bridgehead atoms. The van der Waals surface area contributed by atoms with E-state index in [0.29, 0.717) is 12.8 Å². The molecule has 0 aliphatic heterocycles. The average molecular weight is 245 g/mol. The predicted molar refractivity (Wildman–Crippen MR) is 68.1 cm³/mol. The summed E-state index contributed by atoms with van der Waals surface area (Å²) in [5.41, 5.74) is 0. The second-order valence-corrected chi connectivity index (χ2v) is 4.56. The SMILES string of the molecule is CCCCCCCCC(CCCO)C(=O)ON. The van der Waals surface area contributed by atoms with Crippen molar-refractivity contribution in [1.29, 1.82) is 0 Å². The van der Waals surface area contributed by atoms with Gasteiger partial charge in [-0.3, -0.25) is 4.79 Å². The van der Waals surface area contributed by atoms with Crippen LogP contribution in [0.4, 0.5) is 0 Å². The first kappa shape index (κ1) is 16.4. The molecular formula is C13H27NO3. The molecule has 0 saturated carbocycles. The first-order valence-electron chi connectivity index (χ1n) is 6.77. The van der Waals surface area contributed by atoms with Crippen molar-refractivity contribution in [3.05, 3.63) is 0 Å². The summed E-state index contributed by atoms with van der Waals surface area (Å²) in [5, 5.41) is 8.75. The Morgan fingerprint density at radius 3 is 2.29 bits per heavy atom. The lowest BCUT2D eigenvalue weighted by Gasteiger charge is -2.13. The van der Waals surface area contributed by atoms with E-state index in [4.69, 9.17) is 11.0 Å². The van der Waals surface area contributed by atoms with E-state index in [-0.39, 0.29) is 18.5 Å². The van der Waals surface area contributed by atoms with Gasteiger partial charge in [0.25, 0.3) is 0 Å². The number of carbonyl (C=O) groups is 1. The summed E-state index contributed by atoms with van der Waals surface area (Å²) in [5.74, 6) is 4.42. The number of hydrogen-bond acceptors (Lipinski definition) is 4. The third-order valence-electron chi connectivity index (χ3n) is 3.07. The summed E-state index contributed by atoms with van der Waals surface area (Å²) in [6.45, 7) is 2.31. The molecule has 0 amide bonds. The molecule has 0 spiro atoms. The predicted octanol–water partition coefficient (Wildman–Crippen LogP) is 2.54. The summed E-state index contributed by atoms with van der Waals surface area (Å²) in [6, 6.07) is 0. The van der Waals surface area contributed by atoms with Crippen molar-refractivity contribution in [1.82, 2.24) is 0 Å². The van der Waals surface area contributed by atoms with Crippen LogP contribution < -0.4 is 5.90 Å². The molecule has 0 aromatic heterocycles. The lowest BCUT2D eigenvalue weighted by Crippen LogP contribution is -2.21. The number of unbranched alkanes of at least 4 members (excludes halogenated alkanes) is 5. The smallest absolute Gasteiger partial charge is 0.327 e. The lowest BCUT2D eigenvalue weighted by atomic mass is 9.96. The van der Waals surface area contributed by atoms with E-state index in [1.807, 2.05) is 0 Å². The maximum Gasteiger partial charge on any atom is 0.327 e. The average Bonchev–Trinajstić information content (AvgIpc) is 2.36. The number of rotatable bonds is 11. The van der Waals surface area contributed by atoms with Crippen LogP contribution in [0.25, 0.3) is 0 Å². The second-order valence-electron chi connectivity index (χ2n) is 4.56. The monoisotopic (exact) mass is 245 g/mol. The fourth-order valence-corrected chi connectivity index (χ4v) is 1.99. The molecule has 0 radical (unpaired) electrons. The van der Waals surface area contributed by atoms with Crippen molar-refractivity contribution in [2.24, 2.45) is 11.8 Å². The van der Waals surface area contributed by atoms with E-state index in [2.05, 4.69) is 11.8 Å². The van der Waals surface area contributed by atoms with E-state index in [1.165, 1.54) is 25.7 Å². The van der Waals surface area contributed by atoms with Crippen molar-refractivity contribution < 1.29 is 14.7 Å². The van der Waals surface area contributed by atoms with Crippen molar-refractivity contribution in [3.63, 3.8) is 0 Å². The molecule has 17 heavy (non-hydrogen) atoms. The Bertz CT molecular complexity index is 186. The fourth-order valence-electron chi connectivity index (χ4n) is 1.99. The molecule has 1 atom stereocenters. The molecule has 0 heterocycles. The first-order valence-corrected chi connectivity index (χ1v) is 6.77. The zero-order valence-corrected chi connectivity index (χ0v) is 11.0. The van der Waals surface area contributed by atoms with Crippen LogP contribution >= 0.6 is 0 Å². The van der Waals surface area contributed by atoms with Crippen molar-refractivity contribution >= 4 is 5.97 Å². The minimum absolute atomic E-state index is 0.116. The maximum atomic E-state index is 11.4. The van der Waals surface area contributed by atoms with Gasteiger partial charge in [-0.2, -0.15) is 5.90 Å². The molecular weight excluding hydrogens is 218 g/mol. The Kier molecular flexibility index (Phi) is 11.4. The zero-order chi connectivity index (χ0) is 12.9. The fraction of sp³-hybridized carbons (Fsp3) is 0.923. The number of aliphatic hydroxyl groups is 1. The molecule has 0 rings (SSSR count). The molecule has 0 aromatic rings. The third-order valence-corrected chi connectivity index (χ3v) is 3.07. The Balaban J connectivity index is 3.64. The van der Waals surface area contributed by atoms with Crippen molar-refractivity contribution in [2.45, 2.75) is 64.7 Å². The summed E-state index contributed by atoms with van der Waals surface area (Å²) < 4.78 is 0. The van der Waals surface area contributed by atoms with Crippen molar-refractivity contribution in [3.8, 4) is 0 Å². The summed E-state index contributed by atoms with van der Waals surface area (Å²) in [4.78, 5) is 15.6. The molecule has 0 aliphatic carbocycles. The molecule has 0 aliphatic rings. The molecule has 3 N–H and O–H groups in total. The van der Waals surface area contributed by atoms with Gasteiger partial charge in [0.1, 0.15) is 0 Å². The number of aliphatic hydroxyl groups excluding tert-OH is 1. The third kappa shape index (κ3) is 9.12. The van der Waals surface area contributed by atoms with E-state index in [1.54, 1.807) is 0 Å². The summed E-state index contributed by atoms with van der Waals surface area (Å²) in [6.07, 6.45) is 9.37. The maximum absolute atomic E-state index is 11.4. The molecule has 0 saturated heterocycles. The van der Waals surface area contributed by atoms with Gasteiger partial charge in [0.2, 0.25) is 0 Å². The molecule has 102 valence electrons. The number of nitrogens with two attached hydrogens (primary N) is 1. The van der Waals surface area contributed by atoms with Crippen LogP contribution in [-0.2, 0) is 9.63 Å². The first-order chi connectivity index (χ1) is 8.26. The van der Waals surface area contributed by atoms with Gasteiger partial charge in [-0.1, -0.05) is 45.4 Å². The molecule has 1 unspecified atom stereocenters. The van der Waals surface area contributed by atoms with Gasteiger partial charge in [0.15, 0.2) is 0 Å². The number of carbonyl (C=O) groups excluding carboxylic acids is 1. The van der Waals surface area contributed by atoms with E-state index in [9.17, 15) is 4.79 Å². The van der Waals surface area contributed by atoms with E-state index in [0.717, 1.165) is 19.3 Å². The zero-order valence-electron chi connectivity index (χ0n) is 11.0. The van der Waals surface area contributed by atoms with Gasteiger partial charge in [0.05, 0.1) is 5.92 Å². The highest BCUT2D eigenvalue weighted by molar-refractivity contribution is 5.71. The summed E-state index contributed by atoms with van der Waals surface area (Å²) >= 11 is 0. The Morgan fingerprint density at radius 2 is 1.71 bits per heavy atom. The van der Waals surface area contributed by atoms with Gasteiger partial charge in [0, 0.05) is 6.61 Å². The van der Waals surface area contributed by atoms with Crippen LogP contribution in [0.3, 0.4) is 0 Å². The molecule has 0 fully saturated rings. The highest BCUT2D eigenvalue weighted by Crippen LogP contribution is 2.17. The van der Waals surface area contributed by atoms with Crippen LogP contribution in [0, 0.1) is 5.92 Å². The van der Waals surface area contributed by atoms with Gasteiger partial charge in [-0.05, 0) is 19.3 Å². The van der Waals surface area contributed by atoms with Crippen LogP contribution in [0.2, 0.25) is 0 Å². The van der Waals surface area contributed by atoms with Gasteiger partial charge >= 0.3 is 5.97 Å². The lowest BCUT2D eigenvalue weighted by molar-refractivity contribution is -0.149. The van der Waals surface area contributed by atoms with Crippen LogP contribution in [0.15, 0.2) is 0 Å². The van der Waals surface area contributed by atoms with Gasteiger partial charge < -0.3 is 9.94 Å². The topological polar surface area (TPSA) is 72.5 Å².